The van der Waals surface area contributed by atoms with E-state index < -0.39 is 5.97 Å². The summed E-state index contributed by atoms with van der Waals surface area (Å²) in [4.78, 5) is 10.7. The topological polar surface area (TPSA) is 80.0 Å². The molecule has 0 fully saturated rings. The van der Waals surface area contributed by atoms with Gasteiger partial charge in [0, 0.05) is 16.7 Å². The van der Waals surface area contributed by atoms with E-state index in [9.17, 15) is 4.79 Å². The number of benzene rings is 1. The quantitative estimate of drug-likeness (QED) is 0.875. The molecule has 7 heteroatoms. The van der Waals surface area contributed by atoms with E-state index in [0.717, 1.165) is 21.3 Å². The molecular weight excluding hydrogens is 324 g/mol. The zero-order chi connectivity index (χ0) is 14.7. The molecule has 0 atom stereocenters. The van der Waals surface area contributed by atoms with Crippen molar-refractivity contribution in [1.29, 1.82) is 0 Å². The first-order valence-corrected chi connectivity index (χ1v) is 6.90. The maximum Gasteiger partial charge on any atom is 0.358 e. The van der Waals surface area contributed by atoms with E-state index in [2.05, 4.69) is 31.6 Å². The van der Waals surface area contributed by atoms with Crippen molar-refractivity contribution in [2.75, 3.05) is 11.9 Å². The number of halogens is 1. The molecule has 2 N–H and O–H groups in total. The molecule has 0 aliphatic carbocycles. The van der Waals surface area contributed by atoms with E-state index in [1.165, 1.54) is 10.9 Å². The van der Waals surface area contributed by atoms with Crippen LogP contribution in [0.2, 0.25) is 0 Å². The number of hydrogen-bond acceptors (Lipinski definition) is 4. The van der Waals surface area contributed by atoms with Crippen molar-refractivity contribution >= 4 is 27.6 Å². The van der Waals surface area contributed by atoms with E-state index in [-0.39, 0.29) is 5.69 Å². The first-order valence-electron chi connectivity index (χ1n) is 6.11. The van der Waals surface area contributed by atoms with E-state index in [1.54, 1.807) is 0 Å². The summed E-state index contributed by atoms with van der Waals surface area (Å²) >= 11 is 3.46. The van der Waals surface area contributed by atoms with Gasteiger partial charge in [0.2, 0.25) is 0 Å². The molecule has 1 heterocycles. The molecule has 0 spiro atoms. The number of rotatable bonds is 5. The monoisotopic (exact) mass is 338 g/mol. The predicted molar refractivity (Wildman–Crippen MR) is 79.1 cm³/mol. The average molecular weight is 339 g/mol. The Morgan fingerprint density at radius 2 is 2.05 bits per heavy atom. The maximum absolute atomic E-state index is 10.7. The van der Waals surface area contributed by atoms with Gasteiger partial charge in [0.25, 0.3) is 0 Å². The minimum absolute atomic E-state index is 0.0407. The van der Waals surface area contributed by atoms with Gasteiger partial charge in [-0.25, -0.2) is 9.48 Å². The van der Waals surface area contributed by atoms with Crippen LogP contribution < -0.4 is 5.32 Å². The minimum atomic E-state index is -1.07. The number of nitrogens with one attached hydrogen (secondary N) is 1. The number of aromatic nitrogens is 3. The molecule has 0 unspecified atom stereocenters. The Labute approximate surface area is 124 Å². The highest BCUT2D eigenvalue weighted by atomic mass is 79.9. The van der Waals surface area contributed by atoms with Crippen LogP contribution >= 0.6 is 15.9 Å². The van der Waals surface area contributed by atoms with Crippen LogP contribution in [0.4, 0.5) is 5.69 Å². The highest BCUT2D eigenvalue weighted by Crippen LogP contribution is 2.24. The molecule has 2 rings (SSSR count). The Morgan fingerprint density at radius 3 is 2.60 bits per heavy atom. The standard InChI is InChI=1S/C13H15BrN4O2/c1-8-5-10(14)6-9(2)12(8)15-3-4-18-7-11(13(19)20)16-17-18/h5-7,15H,3-4H2,1-2H3,(H,19,20). The van der Waals surface area contributed by atoms with E-state index in [4.69, 9.17) is 5.11 Å². The lowest BCUT2D eigenvalue weighted by molar-refractivity contribution is 0.0690. The second-order valence-corrected chi connectivity index (χ2v) is 5.43. The lowest BCUT2D eigenvalue weighted by atomic mass is 10.1. The van der Waals surface area contributed by atoms with Crippen LogP contribution in [0.5, 0.6) is 0 Å². The van der Waals surface area contributed by atoms with Gasteiger partial charge in [0.05, 0.1) is 12.7 Å². The summed E-state index contributed by atoms with van der Waals surface area (Å²) in [5.74, 6) is -1.07. The third kappa shape index (κ3) is 3.36. The molecule has 1 aromatic carbocycles. The third-order valence-corrected chi connectivity index (χ3v) is 3.36. The molecule has 0 amide bonds. The number of nitrogens with zero attached hydrogens (tertiary/aromatic N) is 3. The highest BCUT2D eigenvalue weighted by Gasteiger charge is 2.08. The van der Waals surface area contributed by atoms with Crippen LogP contribution in [-0.4, -0.2) is 32.6 Å². The predicted octanol–water partition coefficient (Wildman–Crippen LogP) is 2.47. The number of aryl methyl sites for hydroxylation is 2. The molecule has 0 saturated carbocycles. The smallest absolute Gasteiger partial charge is 0.358 e. The number of carbonyl (C=O) groups is 1. The molecule has 6 nitrogen and oxygen atoms in total. The number of carboxylic acids is 1. The Hall–Kier alpha value is -1.89. The van der Waals surface area contributed by atoms with Gasteiger partial charge in [-0.15, -0.1) is 5.10 Å². The van der Waals surface area contributed by atoms with Crippen LogP contribution in [0, 0.1) is 13.8 Å². The molecule has 0 aliphatic rings. The number of anilines is 1. The fourth-order valence-electron chi connectivity index (χ4n) is 1.99. The van der Waals surface area contributed by atoms with Gasteiger partial charge in [0.1, 0.15) is 0 Å². The zero-order valence-electron chi connectivity index (χ0n) is 11.2. The lowest BCUT2D eigenvalue weighted by Crippen LogP contribution is -2.12. The molecular formula is C13H15BrN4O2. The van der Waals surface area contributed by atoms with Crippen LogP contribution in [0.15, 0.2) is 22.8 Å². The van der Waals surface area contributed by atoms with Gasteiger partial charge >= 0.3 is 5.97 Å². The van der Waals surface area contributed by atoms with Gasteiger partial charge < -0.3 is 10.4 Å². The molecule has 1 aromatic heterocycles. The van der Waals surface area contributed by atoms with Crippen LogP contribution in [0.3, 0.4) is 0 Å². The fourth-order valence-corrected chi connectivity index (χ4v) is 2.68. The van der Waals surface area contributed by atoms with Crippen molar-refractivity contribution in [3.63, 3.8) is 0 Å². The lowest BCUT2D eigenvalue weighted by Gasteiger charge is -2.13. The molecule has 0 bridgehead atoms. The third-order valence-electron chi connectivity index (χ3n) is 2.90. The maximum atomic E-state index is 10.7. The van der Waals surface area contributed by atoms with E-state index in [1.807, 2.05) is 26.0 Å². The SMILES string of the molecule is Cc1cc(Br)cc(C)c1NCCn1cc(C(=O)O)nn1. The van der Waals surface area contributed by atoms with Crippen molar-refractivity contribution in [3.8, 4) is 0 Å². The summed E-state index contributed by atoms with van der Waals surface area (Å²) in [6.07, 6.45) is 1.42. The first kappa shape index (κ1) is 14.5. The second-order valence-electron chi connectivity index (χ2n) is 4.51. The number of hydrogen-bond donors (Lipinski definition) is 2. The summed E-state index contributed by atoms with van der Waals surface area (Å²) in [5, 5.41) is 19.4. The Kier molecular flexibility index (Phi) is 4.39. The van der Waals surface area contributed by atoms with Crippen LogP contribution in [-0.2, 0) is 6.54 Å². The van der Waals surface area contributed by atoms with Crippen LogP contribution in [0.25, 0.3) is 0 Å². The summed E-state index contributed by atoms with van der Waals surface area (Å²) < 4.78 is 2.57. The minimum Gasteiger partial charge on any atom is -0.476 e. The van der Waals surface area contributed by atoms with Gasteiger partial charge in [-0.3, -0.25) is 0 Å². The van der Waals surface area contributed by atoms with Gasteiger partial charge in [-0.05, 0) is 37.1 Å². The highest BCUT2D eigenvalue weighted by molar-refractivity contribution is 9.10. The van der Waals surface area contributed by atoms with Crippen molar-refractivity contribution in [1.82, 2.24) is 15.0 Å². The normalized spacial score (nSPS) is 10.6. The van der Waals surface area contributed by atoms with Crippen molar-refractivity contribution in [2.24, 2.45) is 0 Å². The molecule has 106 valence electrons. The largest absolute Gasteiger partial charge is 0.476 e. The second kappa shape index (κ2) is 6.04. The zero-order valence-corrected chi connectivity index (χ0v) is 12.8. The van der Waals surface area contributed by atoms with E-state index >= 15 is 0 Å². The Balaban J connectivity index is 1.97. The van der Waals surface area contributed by atoms with Gasteiger partial charge in [0.15, 0.2) is 5.69 Å². The molecule has 20 heavy (non-hydrogen) atoms. The van der Waals surface area contributed by atoms with Crippen molar-refractivity contribution in [3.05, 3.63) is 39.6 Å². The number of aromatic carboxylic acids is 1. The van der Waals surface area contributed by atoms with Gasteiger partial charge in [-0.1, -0.05) is 21.1 Å². The molecule has 2 aromatic rings. The van der Waals surface area contributed by atoms with Crippen molar-refractivity contribution in [2.45, 2.75) is 20.4 Å². The Morgan fingerprint density at radius 1 is 1.40 bits per heavy atom. The molecule has 0 aliphatic heterocycles. The average Bonchev–Trinajstić information content (AvgIpc) is 2.81. The Bertz CT molecular complexity index is 616. The first-order chi connectivity index (χ1) is 9.47. The fraction of sp³-hybridized carbons (Fsp3) is 0.308. The molecule has 0 saturated heterocycles. The molecule has 0 radical (unpaired) electrons. The summed E-state index contributed by atoms with van der Waals surface area (Å²) in [5.41, 5.74) is 3.36. The van der Waals surface area contributed by atoms with E-state index in [0.29, 0.717) is 13.1 Å². The number of carboxylic acid groups (broad SMARTS) is 1. The summed E-state index contributed by atoms with van der Waals surface area (Å²) in [7, 11) is 0. The summed E-state index contributed by atoms with van der Waals surface area (Å²) in [6, 6.07) is 4.10. The van der Waals surface area contributed by atoms with Gasteiger partial charge in [-0.2, -0.15) is 0 Å². The van der Waals surface area contributed by atoms with Crippen molar-refractivity contribution < 1.29 is 9.90 Å². The van der Waals surface area contributed by atoms with Crippen LogP contribution in [0.1, 0.15) is 21.6 Å². The summed E-state index contributed by atoms with van der Waals surface area (Å²) in [6.45, 7) is 5.27.